The molecule has 0 bridgehead atoms. The maximum Gasteiger partial charge on any atom is 0.172 e. The van der Waals surface area contributed by atoms with Crippen molar-refractivity contribution < 1.29 is 9.47 Å². The first kappa shape index (κ1) is 12.9. The van der Waals surface area contributed by atoms with E-state index in [1.54, 1.807) is 0 Å². The van der Waals surface area contributed by atoms with Gasteiger partial charge in [0.1, 0.15) is 0 Å². The smallest absolute Gasteiger partial charge is 0.172 e. The summed E-state index contributed by atoms with van der Waals surface area (Å²) in [5, 5.41) is 0. The van der Waals surface area contributed by atoms with Crippen LogP contribution in [0.1, 0.15) is 41.5 Å². The summed E-state index contributed by atoms with van der Waals surface area (Å²) in [5.74, 6) is 0.536. The molecule has 13 heavy (non-hydrogen) atoms. The molecule has 1 heterocycles. The van der Waals surface area contributed by atoms with Crippen molar-refractivity contribution >= 4 is 0 Å². The van der Waals surface area contributed by atoms with E-state index in [0.717, 1.165) is 19.6 Å². The number of ether oxygens (including phenoxy) is 2. The maximum absolute atomic E-state index is 5.77. The molecule has 0 radical (unpaired) electrons. The molecule has 0 aromatic rings. The predicted molar refractivity (Wildman–Crippen MR) is 55.7 cm³/mol. The van der Waals surface area contributed by atoms with Crippen LogP contribution < -0.4 is 0 Å². The van der Waals surface area contributed by atoms with Crippen LogP contribution in [0.3, 0.4) is 0 Å². The summed E-state index contributed by atoms with van der Waals surface area (Å²) in [5.41, 5.74) is 0. The van der Waals surface area contributed by atoms with Crippen LogP contribution in [-0.4, -0.2) is 19.0 Å². The molecule has 2 heteroatoms. The molecule has 0 amide bonds. The minimum absolute atomic E-state index is 0. The van der Waals surface area contributed by atoms with E-state index in [1.807, 2.05) is 0 Å². The van der Waals surface area contributed by atoms with E-state index in [9.17, 15) is 0 Å². The number of hydrogen-bond donors (Lipinski definition) is 0. The van der Waals surface area contributed by atoms with Crippen molar-refractivity contribution in [2.75, 3.05) is 13.2 Å². The van der Waals surface area contributed by atoms with Gasteiger partial charge in [-0.1, -0.05) is 35.1 Å². The summed E-state index contributed by atoms with van der Waals surface area (Å²) in [4.78, 5) is 0. The van der Waals surface area contributed by atoms with Gasteiger partial charge in [-0.05, 0) is 6.42 Å². The van der Waals surface area contributed by atoms with Crippen molar-refractivity contribution in [1.82, 2.24) is 0 Å². The Hall–Kier alpha value is -0.0800. The highest BCUT2D eigenvalue weighted by Gasteiger charge is 2.40. The molecule has 0 N–H and O–H groups in total. The molecule has 80 valence electrons. The van der Waals surface area contributed by atoms with Crippen molar-refractivity contribution in [3.8, 4) is 0 Å². The van der Waals surface area contributed by atoms with Crippen LogP contribution in [0.25, 0.3) is 0 Å². The topological polar surface area (TPSA) is 18.5 Å². The zero-order valence-corrected chi connectivity index (χ0v) is 8.59. The molecular weight excluding hydrogens is 164 g/mol. The first-order valence-electron chi connectivity index (χ1n) is 4.87. The lowest BCUT2D eigenvalue weighted by atomic mass is 9.90. The van der Waals surface area contributed by atoms with Gasteiger partial charge in [0.25, 0.3) is 0 Å². The fraction of sp³-hybridized carbons (Fsp3) is 1.00. The van der Waals surface area contributed by atoms with E-state index in [2.05, 4.69) is 27.7 Å². The molecule has 1 saturated heterocycles. The molecule has 0 aliphatic carbocycles. The van der Waals surface area contributed by atoms with Crippen LogP contribution in [0.2, 0.25) is 0 Å². The van der Waals surface area contributed by atoms with Crippen LogP contribution in [0.4, 0.5) is 0 Å². The van der Waals surface area contributed by atoms with Crippen molar-refractivity contribution in [1.29, 1.82) is 0 Å². The predicted octanol–water partition coefficient (Wildman–Crippen LogP) is 3.07. The Morgan fingerprint density at radius 1 is 0.923 bits per heavy atom. The second-order valence-electron chi connectivity index (χ2n) is 4.08. The summed E-state index contributed by atoms with van der Waals surface area (Å²) < 4.78 is 11.5. The molecule has 1 fully saturated rings. The van der Waals surface area contributed by atoms with E-state index in [-0.39, 0.29) is 13.2 Å². The fourth-order valence-corrected chi connectivity index (χ4v) is 1.90. The molecule has 1 aliphatic rings. The second-order valence-corrected chi connectivity index (χ2v) is 4.08. The summed E-state index contributed by atoms with van der Waals surface area (Å²) >= 11 is 0. The molecular formula is C11H24O2. The maximum atomic E-state index is 5.77. The number of hydrogen-bond acceptors (Lipinski definition) is 2. The van der Waals surface area contributed by atoms with Crippen molar-refractivity contribution in [3.05, 3.63) is 0 Å². The Balaban J connectivity index is 0.00000144. The Bertz CT molecular complexity index is 125. The van der Waals surface area contributed by atoms with Gasteiger partial charge in [-0.15, -0.1) is 0 Å². The quantitative estimate of drug-likeness (QED) is 0.663. The highest BCUT2D eigenvalue weighted by atomic mass is 16.7. The van der Waals surface area contributed by atoms with E-state index in [0.29, 0.717) is 11.8 Å². The summed E-state index contributed by atoms with van der Waals surface area (Å²) in [6, 6.07) is 0. The van der Waals surface area contributed by atoms with E-state index in [1.165, 1.54) is 0 Å². The van der Waals surface area contributed by atoms with Gasteiger partial charge >= 0.3 is 0 Å². The Morgan fingerprint density at radius 2 is 1.31 bits per heavy atom. The lowest BCUT2D eigenvalue weighted by molar-refractivity contribution is -0.310. The third-order valence-corrected chi connectivity index (χ3v) is 2.55. The fourth-order valence-electron chi connectivity index (χ4n) is 1.90. The van der Waals surface area contributed by atoms with Crippen molar-refractivity contribution in [3.63, 3.8) is 0 Å². The minimum Gasteiger partial charge on any atom is -0.349 e. The van der Waals surface area contributed by atoms with Gasteiger partial charge in [0, 0.05) is 11.8 Å². The molecule has 0 aromatic heterocycles. The van der Waals surface area contributed by atoms with Crippen LogP contribution in [0, 0.1) is 11.8 Å². The third kappa shape index (κ3) is 2.44. The van der Waals surface area contributed by atoms with Crippen LogP contribution in [0.15, 0.2) is 0 Å². The molecule has 0 spiro atoms. The van der Waals surface area contributed by atoms with Crippen LogP contribution in [-0.2, 0) is 9.47 Å². The van der Waals surface area contributed by atoms with Gasteiger partial charge in [0.2, 0.25) is 0 Å². The lowest BCUT2D eigenvalue weighted by Crippen LogP contribution is -2.49. The zero-order valence-electron chi connectivity index (χ0n) is 8.59. The van der Waals surface area contributed by atoms with Crippen LogP contribution >= 0.6 is 0 Å². The molecule has 0 atom stereocenters. The molecule has 0 unspecified atom stereocenters. The Labute approximate surface area is 82.6 Å². The SMILES string of the molecule is C.CC(C)C1(C(C)C)OCCCO1. The second kappa shape index (κ2) is 4.97. The zero-order chi connectivity index (χ0) is 9.19. The molecule has 1 rings (SSSR count). The molecule has 0 saturated carbocycles. The summed E-state index contributed by atoms with van der Waals surface area (Å²) in [6.07, 6.45) is 1.03. The minimum atomic E-state index is -0.321. The first-order valence-corrected chi connectivity index (χ1v) is 4.87. The number of rotatable bonds is 2. The Kier molecular flexibility index (Phi) is 4.93. The molecule has 2 nitrogen and oxygen atoms in total. The summed E-state index contributed by atoms with van der Waals surface area (Å²) in [6.45, 7) is 10.3. The first-order chi connectivity index (χ1) is 5.59. The lowest BCUT2D eigenvalue weighted by Gasteiger charge is -2.43. The van der Waals surface area contributed by atoms with E-state index in [4.69, 9.17) is 9.47 Å². The van der Waals surface area contributed by atoms with Gasteiger partial charge in [-0.25, -0.2) is 0 Å². The van der Waals surface area contributed by atoms with E-state index < -0.39 is 0 Å². The normalized spacial score (nSPS) is 21.7. The monoisotopic (exact) mass is 188 g/mol. The average molecular weight is 188 g/mol. The largest absolute Gasteiger partial charge is 0.349 e. The molecule has 1 aliphatic heterocycles. The molecule has 0 aromatic carbocycles. The highest BCUT2D eigenvalue weighted by molar-refractivity contribution is 4.79. The van der Waals surface area contributed by atoms with Gasteiger partial charge in [0.05, 0.1) is 13.2 Å². The van der Waals surface area contributed by atoms with E-state index >= 15 is 0 Å². The average Bonchev–Trinajstić information content (AvgIpc) is 2.05. The van der Waals surface area contributed by atoms with Crippen LogP contribution in [0.5, 0.6) is 0 Å². The van der Waals surface area contributed by atoms with Gasteiger partial charge in [-0.3, -0.25) is 0 Å². The standard InChI is InChI=1S/C10H20O2.CH4/c1-8(2)10(9(3)4)11-6-5-7-12-10;/h8-9H,5-7H2,1-4H3;1H4. The van der Waals surface area contributed by atoms with Gasteiger partial charge in [-0.2, -0.15) is 0 Å². The van der Waals surface area contributed by atoms with Gasteiger partial charge < -0.3 is 9.47 Å². The highest BCUT2D eigenvalue weighted by Crippen LogP contribution is 2.34. The van der Waals surface area contributed by atoms with Crippen molar-refractivity contribution in [2.45, 2.75) is 47.3 Å². The Morgan fingerprint density at radius 3 is 1.54 bits per heavy atom. The summed E-state index contributed by atoms with van der Waals surface area (Å²) in [7, 11) is 0. The van der Waals surface area contributed by atoms with Crippen molar-refractivity contribution in [2.24, 2.45) is 11.8 Å². The van der Waals surface area contributed by atoms with Gasteiger partial charge in [0.15, 0.2) is 5.79 Å². The third-order valence-electron chi connectivity index (χ3n) is 2.55.